The smallest absolute Gasteiger partial charge is 0.229 e. The van der Waals surface area contributed by atoms with Crippen molar-refractivity contribution in [3.8, 4) is 0 Å². The molecule has 0 atom stereocenters. The number of likely N-dealkylation sites (tertiary alicyclic amines) is 1. The highest BCUT2D eigenvalue weighted by molar-refractivity contribution is 5.20. The van der Waals surface area contributed by atoms with Gasteiger partial charge in [0, 0.05) is 23.9 Å². The van der Waals surface area contributed by atoms with Crippen LogP contribution in [-0.2, 0) is 6.54 Å². The first kappa shape index (κ1) is 13.9. The molecule has 2 aliphatic rings. The van der Waals surface area contributed by atoms with E-state index in [4.69, 9.17) is 9.05 Å². The van der Waals surface area contributed by atoms with Crippen LogP contribution in [-0.4, -0.2) is 33.3 Å². The van der Waals surface area contributed by atoms with Crippen molar-refractivity contribution in [2.24, 2.45) is 0 Å². The molecule has 3 heterocycles. The predicted octanol–water partition coefficient (Wildman–Crippen LogP) is 2.93. The van der Waals surface area contributed by atoms with Gasteiger partial charge >= 0.3 is 0 Å². The second-order valence-corrected chi connectivity index (χ2v) is 6.62. The van der Waals surface area contributed by atoms with Crippen molar-refractivity contribution in [1.29, 1.82) is 0 Å². The molecule has 2 aromatic heterocycles. The van der Waals surface area contributed by atoms with Crippen LogP contribution in [0.2, 0.25) is 0 Å². The fraction of sp³-hybridized carbons (Fsp3) is 0.688. The van der Waals surface area contributed by atoms with Gasteiger partial charge in [-0.1, -0.05) is 10.3 Å². The standard InChI is InChI=1S/C16H22N4O2/c1-10-14(11(2)21-18-10)9-20-7-5-13(6-8-20)16-17-15(19-22-16)12-3-4-12/h12-13H,3-9H2,1-2H3. The van der Waals surface area contributed by atoms with E-state index in [0.717, 1.165) is 55.6 Å². The Labute approximate surface area is 129 Å². The number of hydrogen-bond acceptors (Lipinski definition) is 6. The third-order valence-electron chi connectivity index (χ3n) is 4.90. The lowest BCUT2D eigenvalue weighted by molar-refractivity contribution is 0.186. The van der Waals surface area contributed by atoms with E-state index in [9.17, 15) is 0 Å². The van der Waals surface area contributed by atoms with Gasteiger partial charge in [-0.15, -0.1) is 0 Å². The van der Waals surface area contributed by atoms with E-state index in [2.05, 4.69) is 20.2 Å². The van der Waals surface area contributed by atoms with Gasteiger partial charge in [0.05, 0.1) is 5.69 Å². The van der Waals surface area contributed by atoms with Crippen molar-refractivity contribution >= 4 is 0 Å². The largest absolute Gasteiger partial charge is 0.361 e. The first-order valence-electron chi connectivity index (χ1n) is 8.18. The highest BCUT2D eigenvalue weighted by Gasteiger charge is 2.31. The minimum atomic E-state index is 0.418. The molecule has 0 spiro atoms. The second kappa shape index (κ2) is 5.50. The first-order valence-corrected chi connectivity index (χ1v) is 8.18. The Bertz CT molecular complexity index is 631. The zero-order valence-corrected chi connectivity index (χ0v) is 13.2. The molecule has 1 saturated carbocycles. The van der Waals surface area contributed by atoms with E-state index in [1.165, 1.54) is 18.4 Å². The Balaban J connectivity index is 1.35. The van der Waals surface area contributed by atoms with Gasteiger partial charge in [-0.25, -0.2) is 0 Å². The van der Waals surface area contributed by atoms with Crippen molar-refractivity contribution in [2.45, 2.75) is 57.9 Å². The second-order valence-electron chi connectivity index (χ2n) is 6.62. The van der Waals surface area contributed by atoms with Crippen molar-refractivity contribution in [3.05, 3.63) is 28.7 Å². The van der Waals surface area contributed by atoms with Crippen LogP contribution in [0.25, 0.3) is 0 Å². The molecule has 0 N–H and O–H groups in total. The Kier molecular flexibility index (Phi) is 3.48. The predicted molar refractivity (Wildman–Crippen MR) is 79.5 cm³/mol. The van der Waals surface area contributed by atoms with E-state index < -0.39 is 0 Å². The minimum Gasteiger partial charge on any atom is -0.361 e. The van der Waals surface area contributed by atoms with Crippen molar-refractivity contribution in [2.75, 3.05) is 13.1 Å². The Morgan fingerprint density at radius 1 is 1.00 bits per heavy atom. The molecular formula is C16H22N4O2. The van der Waals surface area contributed by atoms with Crippen LogP contribution in [0.15, 0.2) is 9.05 Å². The Hall–Kier alpha value is -1.69. The Morgan fingerprint density at radius 2 is 1.77 bits per heavy atom. The van der Waals surface area contributed by atoms with Crippen LogP contribution in [0.1, 0.15) is 66.3 Å². The van der Waals surface area contributed by atoms with E-state index in [-0.39, 0.29) is 0 Å². The topological polar surface area (TPSA) is 68.2 Å². The van der Waals surface area contributed by atoms with E-state index >= 15 is 0 Å². The molecule has 1 aliphatic heterocycles. The zero-order chi connectivity index (χ0) is 15.1. The summed E-state index contributed by atoms with van der Waals surface area (Å²) < 4.78 is 10.7. The summed E-state index contributed by atoms with van der Waals surface area (Å²) in [4.78, 5) is 7.06. The molecule has 6 nitrogen and oxygen atoms in total. The van der Waals surface area contributed by atoms with E-state index in [0.29, 0.717) is 11.8 Å². The van der Waals surface area contributed by atoms with Crippen molar-refractivity contribution in [1.82, 2.24) is 20.2 Å². The number of aromatic nitrogens is 3. The summed E-state index contributed by atoms with van der Waals surface area (Å²) in [7, 11) is 0. The van der Waals surface area contributed by atoms with Gasteiger partial charge in [0.1, 0.15) is 5.76 Å². The van der Waals surface area contributed by atoms with Crippen LogP contribution < -0.4 is 0 Å². The van der Waals surface area contributed by atoms with Gasteiger partial charge in [-0.3, -0.25) is 4.90 Å². The van der Waals surface area contributed by atoms with Gasteiger partial charge in [-0.2, -0.15) is 4.98 Å². The average molecular weight is 302 g/mol. The average Bonchev–Trinajstić information content (AvgIpc) is 3.19. The molecule has 4 rings (SSSR count). The molecule has 6 heteroatoms. The quantitative estimate of drug-likeness (QED) is 0.865. The van der Waals surface area contributed by atoms with E-state index in [1.54, 1.807) is 0 Å². The summed E-state index contributed by atoms with van der Waals surface area (Å²) >= 11 is 0. The Morgan fingerprint density at radius 3 is 2.41 bits per heavy atom. The number of piperidine rings is 1. The van der Waals surface area contributed by atoms with Crippen LogP contribution in [0, 0.1) is 13.8 Å². The fourth-order valence-electron chi connectivity index (χ4n) is 3.21. The van der Waals surface area contributed by atoms with Crippen LogP contribution in [0.5, 0.6) is 0 Å². The summed E-state index contributed by atoms with van der Waals surface area (Å²) in [5, 5.41) is 8.17. The SMILES string of the molecule is Cc1noc(C)c1CN1CCC(c2nc(C3CC3)no2)CC1. The summed E-state index contributed by atoms with van der Waals surface area (Å²) in [5.74, 6) is 3.69. The summed E-state index contributed by atoms with van der Waals surface area (Å²) in [6, 6.07) is 0. The van der Waals surface area contributed by atoms with Crippen molar-refractivity contribution < 1.29 is 9.05 Å². The lowest BCUT2D eigenvalue weighted by atomic mass is 9.96. The zero-order valence-electron chi connectivity index (χ0n) is 13.2. The van der Waals surface area contributed by atoms with Gasteiger partial charge < -0.3 is 9.05 Å². The van der Waals surface area contributed by atoms with Crippen LogP contribution in [0.3, 0.4) is 0 Å². The van der Waals surface area contributed by atoms with Crippen LogP contribution >= 0.6 is 0 Å². The number of nitrogens with zero attached hydrogens (tertiary/aromatic N) is 4. The maximum atomic E-state index is 5.48. The van der Waals surface area contributed by atoms with E-state index in [1.807, 2.05) is 13.8 Å². The third kappa shape index (κ3) is 2.67. The number of rotatable bonds is 4. The fourth-order valence-corrected chi connectivity index (χ4v) is 3.21. The van der Waals surface area contributed by atoms with Gasteiger partial charge in [-0.05, 0) is 52.6 Å². The highest BCUT2D eigenvalue weighted by Crippen LogP contribution is 2.39. The number of aryl methyl sites for hydroxylation is 2. The molecule has 2 aromatic rings. The first-order chi connectivity index (χ1) is 10.7. The summed E-state index contributed by atoms with van der Waals surface area (Å²) in [6.45, 7) is 7.02. The van der Waals surface area contributed by atoms with Gasteiger partial charge in [0.2, 0.25) is 5.89 Å². The third-order valence-corrected chi connectivity index (χ3v) is 4.90. The maximum Gasteiger partial charge on any atom is 0.229 e. The maximum absolute atomic E-state index is 5.48. The van der Waals surface area contributed by atoms with Crippen LogP contribution in [0.4, 0.5) is 0 Å². The molecule has 0 aromatic carbocycles. The molecule has 0 amide bonds. The minimum absolute atomic E-state index is 0.418. The lowest BCUT2D eigenvalue weighted by Gasteiger charge is -2.30. The number of hydrogen-bond donors (Lipinski definition) is 0. The van der Waals surface area contributed by atoms with Gasteiger partial charge in [0.15, 0.2) is 5.82 Å². The molecule has 0 unspecified atom stereocenters. The molecular weight excluding hydrogens is 280 g/mol. The molecule has 1 saturated heterocycles. The van der Waals surface area contributed by atoms with Gasteiger partial charge in [0.25, 0.3) is 0 Å². The molecule has 1 aliphatic carbocycles. The molecule has 0 radical (unpaired) electrons. The summed E-state index contributed by atoms with van der Waals surface area (Å²) in [5.41, 5.74) is 2.23. The highest BCUT2D eigenvalue weighted by atomic mass is 16.5. The summed E-state index contributed by atoms with van der Waals surface area (Å²) in [6.07, 6.45) is 4.59. The lowest BCUT2D eigenvalue weighted by Crippen LogP contribution is -2.32. The monoisotopic (exact) mass is 302 g/mol. The van der Waals surface area contributed by atoms with Crippen molar-refractivity contribution in [3.63, 3.8) is 0 Å². The molecule has 22 heavy (non-hydrogen) atoms. The molecule has 118 valence electrons. The molecule has 2 fully saturated rings. The normalized spacial score (nSPS) is 20.6. The molecule has 0 bridgehead atoms.